The van der Waals surface area contributed by atoms with Crippen molar-refractivity contribution in [2.75, 3.05) is 0 Å². The Kier molecular flexibility index (Phi) is 4.42. The van der Waals surface area contributed by atoms with Crippen LogP contribution in [0.2, 0.25) is 0 Å². The highest BCUT2D eigenvalue weighted by Crippen LogP contribution is 2.17. The van der Waals surface area contributed by atoms with Crippen molar-refractivity contribution in [1.82, 2.24) is 29.9 Å². The lowest BCUT2D eigenvalue weighted by Crippen LogP contribution is -2.23. The Balaban J connectivity index is 1.50. The van der Waals surface area contributed by atoms with Gasteiger partial charge >= 0.3 is 0 Å². The maximum absolute atomic E-state index is 12.6. The summed E-state index contributed by atoms with van der Waals surface area (Å²) in [6.45, 7) is 3.03. The maximum atomic E-state index is 12.6. The first-order valence-electron chi connectivity index (χ1n) is 8.73. The van der Waals surface area contributed by atoms with E-state index in [0.29, 0.717) is 18.7 Å². The predicted molar refractivity (Wildman–Crippen MR) is 102 cm³/mol. The van der Waals surface area contributed by atoms with Gasteiger partial charge in [0.05, 0.1) is 17.8 Å². The number of aryl methyl sites for hydroxylation is 2. The third kappa shape index (κ3) is 3.44. The minimum absolute atomic E-state index is 0.151. The van der Waals surface area contributed by atoms with Crippen LogP contribution in [0.15, 0.2) is 55.0 Å². The summed E-state index contributed by atoms with van der Waals surface area (Å²) in [6.07, 6.45) is 5.27. The van der Waals surface area contributed by atoms with Crippen LogP contribution in [0.5, 0.6) is 0 Å². The van der Waals surface area contributed by atoms with Gasteiger partial charge in [0.15, 0.2) is 5.65 Å². The van der Waals surface area contributed by atoms with E-state index < -0.39 is 0 Å². The Morgan fingerprint density at radius 3 is 2.78 bits per heavy atom. The molecule has 0 saturated carbocycles. The van der Waals surface area contributed by atoms with Gasteiger partial charge in [-0.3, -0.25) is 14.2 Å². The number of hydrogen-bond acceptors (Lipinski definition) is 4. The molecule has 0 atom stereocenters. The molecule has 0 spiro atoms. The zero-order valence-electron chi connectivity index (χ0n) is 15.3. The van der Waals surface area contributed by atoms with Gasteiger partial charge in [0.25, 0.3) is 5.91 Å². The molecular formula is C20H20N6O. The first kappa shape index (κ1) is 17.0. The second kappa shape index (κ2) is 7.03. The average Bonchev–Trinajstić information content (AvgIpc) is 3.29. The summed E-state index contributed by atoms with van der Waals surface area (Å²) >= 11 is 0. The summed E-state index contributed by atoms with van der Waals surface area (Å²) < 4.78 is 3.58. The molecule has 0 aliphatic carbocycles. The second-order valence-corrected chi connectivity index (χ2v) is 6.46. The van der Waals surface area contributed by atoms with E-state index in [1.807, 2.05) is 55.2 Å². The summed E-state index contributed by atoms with van der Waals surface area (Å²) in [5.74, 6) is -0.151. The fourth-order valence-corrected chi connectivity index (χ4v) is 3.16. The van der Waals surface area contributed by atoms with Crippen LogP contribution in [0, 0.1) is 6.92 Å². The number of hydrogen-bond donors (Lipinski definition) is 1. The van der Waals surface area contributed by atoms with Crippen molar-refractivity contribution in [2.45, 2.75) is 20.0 Å². The Morgan fingerprint density at radius 1 is 1.19 bits per heavy atom. The fraction of sp³-hybridized carbons (Fsp3) is 0.200. The van der Waals surface area contributed by atoms with Crippen LogP contribution < -0.4 is 5.32 Å². The molecule has 0 fully saturated rings. The minimum Gasteiger partial charge on any atom is -0.348 e. The number of benzene rings is 1. The standard InChI is InChI=1S/C20H20N6O/c1-14-18-10-17(12-21-19(18)25(2)24-14)20(27)22-11-15-6-3-4-7-16(15)13-26-9-5-8-23-26/h3-10,12H,11,13H2,1-2H3,(H,22,27). The third-order valence-corrected chi connectivity index (χ3v) is 4.57. The molecule has 0 bridgehead atoms. The molecule has 3 aromatic heterocycles. The fourth-order valence-electron chi connectivity index (χ4n) is 3.16. The SMILES string of the molecule is Cc1nn(C)c2ncc(C(=O)NCc3ccccc3Cn3cccn3)cc12. The van der Waals surface area contributed by atoms with Gasteiger partial charge < -0.3 is 5.32 Å². The van der Waals surface area contributed by atoms with Crippen molar-refractivity contribution in [3.63, 3.8) is 0 Å². The van der Waals surface area contributed by atoms with E-state index in [9.17, 15) is 4.79 Å². The van der Waals surface area contributed by atoms with Gasteiger partial charge in [-0.05, 0) is 30.2 Å². The molecule has 0 unspecified atom stereocenters. The molecule has 0 saturated heterocycles. The summed E-state index contributed by atoms with van der Waals surface area (Å²) in [6, 6.07) is 11.8. The van der Waals surface area contributed by atoms with E-state index in [1.54, 1.807) is 17.1 Å². The molecule has 4 rings (SSSR count). The highest BCUT2D eigenvalue weighted by Gasteiger charge is 2.12. The van der Waals surface area contributed by atoms with Gasteiger partial charge in [-0.1, -0.05) is 24.3 Å². The number of aromatic nitrogens is 5. The molecule has 0 aliphatic rings. The minimum atomic E-state index is -0.151. The third-order valence-electron chi connectivity index (χ3n) is 4.57. The van der Waals surface area contributed by atoms with E-state index in [2.05, 4.69) is 26.6 Å². The van der Waals surface area contributed by atoms with Crippen molar-refractivity contribution in [2.24, 2.45) is 7.05 Å². The summed E-state index contributed by atoms with van der Waals surface area (Å²) in [4.78, 5) is 17.0. The van der Waals surface area contributed by atoms with E-state index in [1.165, 1.54) is 0 Å². The molecule has 7 nitrogen and oxygen atoms in total. The Morgan fingerprint density at radius 2 is 2.00 bits per heavy atom. The van der Waals surface area contributed by atoms with Crippen molar-refractivity contribution >= 4 is 16.9 Å². The van der Waals surface area contributed by atoms with Gasteiger partial charge in [-0.2, -0.15) is 10.2 Å². The van der Waals surface area contributed by atoms with E-state index in [-0.39, 0.29) is 5.91 Å². The topological polar surface area (TPSA) is 77.6 Å². The lowest BCUT2D eigenvalue weighted by atomic mass is 10.1. The predicted octanol–water partition coefficient (Wildman–Crippen LogP) is 2.45. The number of rotatable bonds is 5. The lowest BCUT2D eigenvalue weighted by Gasteiger charge is -2.11. The Labute approximate surface area is 156 Å². The van der Waals surface area contributed by atoms with Crippen LogP contribution in [0.1, 0.15) is 27.2 Å². The smallest absolute Gasteiger partial charge is 0.253 e. The van der Waals surface area contributed by atoms with Crippen LogP contribution >= 0.6 is 0 Å². The zero-order valence-corrected chi connectivity index (χ0v) is 15.3. The van der Waals surface area contributed by atoms with E-state index in [0.717, 1.165) is 27.9 Å². The first-order chi connectivity index (χ1) is 13.1. The number of amides is 1. The van der Waals surface area contributed by atoms with Crippen molar-refractivity contribution in [1.29, 1.82) is 0 Å². The molecule has 136 valence electrons. The molecule has 27 heavy (non-hydrogen) atoms. The van der Waals surface area contributed by atoms with Gasteiger partial charge in [-0.25, -0.2) is 4.98 Å². The van der Waals surface area contributed by atoms with Crippen LogP contribution in [0.4, 0.5) is 0 Å². The van der Waals surface area contributed by atoms with Crippen LogP contribution in [-0.4, -0.2) is 30.5 Å². The number of carbonyl (C=O) groups excluding carboxylic acids is 1. The lowest BCUT2D eigenvalue weighted by molar-refractivity contribution is 0.0950. The molecule has 1 aromatic carbocycles. The summed E-state index contributed by atoms with van der Waals surface area (Å²) in [7, 11) is 1.85. The average molecular weight is 360 g/mol. The summed E-state index contributed by atoms with van der Waals surface area (Å²) in [5.41, 5.74) is 4.35. The van der Waals surface area contributed by atoms with Crippen molar-refractivity contribution in [3.05, 3.63) is 77.4 Å². The molecular weight excluding hydrogens is 340 g/mol. The van der Waals surface area contributed by atoms with Crippen molar-refractivity contribution in [3.8, 4) is 0 Å². The Hall–Kier alpha value is -3.48. The highest BCUT2D eigenvalue weighted by molar-refractivity contribution is 5.97. The zero-order chi connectivity index (χ0) is 18.8. The van der Waals surface area contributed by atoms with Crippen molar-refractivity contribution < 1.29 is 4.79 Å². The van der Waals surface area contributed by atoms with E-state index in [4.69, 9.17) is 0 Å². The number of pyridine rings is 1. The Bertz CT molecular complexity index is 1100. The number of fused-ring (bicyclic) bond motifs is 1. The van der Waals surface area contributed by atoms with Gasteiger partial charge in [0.1, 0.15) is 0 Å². The molecule has 7 heteroatoms. The number of nitrogens with one attached hydrogen (secondary N) is 1. The van der Waals surface area contributed by atoms with Crippen LogP contribution in [-0.2, 0) is 20.1 Å². The normalized spacial score (nSPS) is 11.0. The largest absolute Gasteiger partial charge is 0.348 e. The van der Waals surface area contributed by atoms with Gasteiger partial charge in [0.2, 0.25) is 0 Å². The second-order valence-electron chi connectivity index (χ2n) is 6.46. The van der Waals surface area contributed by atoms with Gasteiger partial charge in [-0.15, -0.1) is 0 Å². The van der Waals surface area contributed by atoms with Gasteiger partial charge in [0, 0.05) is 37.6 Å². The number of carbonyl (C=O) groups is 1. The molecule has 1 N–H and O–H groups in total. The van der Waals surface area contributed by atoms with E-state index >= 15 is 0 Å². The van der Waals surface area contributed by atoms with Crippen LogP contribution in [0.25, 0.3) is 11.0 Å². The highest BCUT2D eigenvalue weighted by atomic mass is 16.1. The number of nitrogens with zero attached hydrogens (tertiary/aromatic N) is 5. The quantitative estimate of drug-likeness (QED) is 0.593. The molecule has 0 radical (unpaired) electrons. The molecule has 4 aromatic rings. The first-order valence-corrected chi connectivity index (χ1v) is 8.73. The monoisotopic (exact) mass is 360 g/mol. The molecule has 3 heterocycles. The molecule has 1 amide bonds. The summed E-state index contributed by atoms with van der Waals surface area (Å²) in [5, 5.41) is 12.5. The maximum Gasteiger partial charge on any atom is 0.253 e. The molecule has 0 aliphatic heterocycles. The van der Waals surface area contributed by atoms with Crippen LogP contribution in [0.3, 0.4) is 0 Å².